The first-order chi connectivity index (χ1) is 16.6. The summed E-state index contributed by atoms with van der Waals surface area (Å²) in [5.74, 6) is -0.677. The molecule has 11 heteroatoms. The quantitative estimate of drug-likeness (QED) is 0.164. The van der Waals surface area contributed by atoms with E-state index in [0.717, 1.165) is 11.1 Å². The normalized spacial score (nSPS) is 25.2. The number of aryl methyl sites for hydroxylation is 1. The molecule has 8 N–H and O–H groups in total. The van der Waals surface area contributed by atoms with Crippen molar-refractivity contribution in [2.75, 3.05) is 19.8 Å². The van der Waals surface area contributed by atoms with Gasteiger partial charge in [-0.1, -0.05) is 38.1 Å². The molecular formula is C24H36FN3O7. The van der Waals surface area contributed by atoms with Gasteiger partial charge in [-0.25, -0.2) is 4.39 Å². The number of aliphatic hydroxyl groups excluding tert-OH is 4. The Kier molecular flexibility index (Phi) is 11.1. The molecule has 0 aliphatic carbocycles. The van der Waals surface area contributed by atoms with E-state index in [9.17, 15) is 24.5 Å². The summed E-state index contributed by atoms with van der Waals surface area (Å²) in [5, 5.41) is 49.1. The molecule has 196 valence electrons. The van der Waals surface area contributed by atoms with Crippen LogP contribution in [0.3, 0.4) is 0 Å². The highest BCUT2D eigenvalue weighted by Gasteiger charge is 2.46. The number of carbonyl (C=O) groups excluding carboxylic acids is 1. The van der Waals surface area contributed by atoms with Crippen LogP contribution in [0.4, 0.5) is 4.39 Å². The third kappa shape index (κ3) is 7.97. The first kappa shape index (κ1) is 28.7. The molecular weight excluding hydrogens is 461 g/mol. The number of nitrogens with one attached hydrogen (secondary N) is 2. The number of hydrogen-bond donors (Lipinski definition) is 7. The van der Waals surface area contributed by atoms with Gasteiger partial charge in [-0.05, 0) is 23.5 Å². The second-order valence-corrected chi connectivity index (χ2v) is 8.75. The van der Waals surface area contributed by atoms with Gasteiger partial charge in [-0.2, -0.15) is 0 Å². The smallest absolute Gasteiger partial charge is 0.231 e. The predicted molar refractivity (Wildman–Crippen MR) is 126 cm³/mol. The molecule has 0 bridgehead atoms. The van der Waals surface area contributed by atoms with Gasteiger partial charge in [-0.3, -0.25) is 10.2 Å². The molecule has 0 aromatic heterocycles. The first-order valence-corrected chi connectivity index (χ1v) is 11.5. The van der Waals surface area contributed by atoms with Crippen molar-refractivity contribution in [3.8, 4) is 0 Å². The molecule has 1 aromatic rings. The summed E-state index contributed by atoms with van der Waals surface area (Å²) in [4.78, 5) is 11.7. The summed E-state index contributed by atoms with van der Waals surface area (Å²) in [5.41, 5.74) is 8.71. The lowest BCUT2D eigenvalue weighted by Crippen LogP contribution is -2.58. The Morgan fingerprint density at radius 2 is 1.83 bits per heavy atom. The Hall–Kier alpha value is -2.57. The molecule has 1 heterocycles. The monoisotopic (exact) mass is 497 g/mol. The Morgan fingerprint density at radius 3 is 2.40 bits per heavy atom. The Labute approximate surface area is 204 Å². The molecule has 1 aliphatic rings. The number of halogens is 1. The molecule has 10 nitrogen and oxygen atoms in total. The number of nitrogens with two attached hydrogens (primary N) is 1. The number of aliphatic hydroxyl groups is 4. The summed E-state index contributed by atoms with van der Waals surface area (Å²) in [7, 11) is 0. The van der Waals surface area contributed by atoms with Gasteiger partial charge >= 0.3 is 0 Å². The fourth-order valence-corrected chi connectivity index (χ4v) is 3.56. The average Bonchev–Trinajstić information content (AvgIpc) is 2.85. The maximum Gasteiger partial charge on any atom is 0.231 e. The van der Waals surface area contributed by atoms with Crippen molar-refractivity contribution in [1.82, 2.24) is 5.32 Å². The van der Waals surface area contributed by atoms with E-state index in [0.29, 0.717) is 17.7 Å². The van der Waals surface area contributed by atoms with E-state index in [1.165, 1.54) is 0 Å². The molecule has 5 atom stereocenters. The van der Waals surface area contributed by atoms with Crippen LogP contribution in [0.1, 0.15) is 31.4 Å². The van der Waals surface area contributed by atoms with Crippen LogP contribution in [0.15, 0.2) is 35.5 Å². The summed E-state index contributed by atoms with van der Waals surface area (Å²) in [6, 6.07) is 7.40. The number of ether oxygens (including phenoxy) is 2. The minimum Gasteiger partial charge on any atom is -0.445 e. The highest BCUT2D eigenvalue weighted by Crippen LogP contribution is 2.26. The van der Waals surface area contributed by atoms with E-state index in [4.69, 9.17) is 25.7 Å². The molecule has 1 fully saturated rings. The number of carbonyl (C=O) groups is 1. The van der Waals surface area contributed by atoms with E-state index in [-0.39, 0.29) is 37.8 Å². The highest BCUT2D eigenvalue weighted by atomic mass is 19.1. The standard InChI is InChI=1S/C24H36FN3O7/c1-13(2)20(26)16(23(27)35-24-22(33)21(32)19(25)17(12-30)34-24)11-15-5-3-14(4-6-15)7-8-18(31)28-9-10-29/h3-6,13,17,19,21-22,24,27,29-30,32-33H,7-12,26H2,1-2H3,(H,28,31). The van der Waals surface area contributed by atoms with Crippen LogP contribution >= 0.6 is 0 Å². The maximum atomic E-state index is 14.0. The van der Waals surface area contributed by atoms with E-state index in [1.54, 1.807) is 0 Å². The van der Waals surface area contributed by atoms with Crippen molar-refractivity contribution in [1.29, 1.82) is 5.41 Å². The third-order valence-electron chi connectivity index (χ3n) is 5.76. The lowest BCUT2D eigenvalue weighted by atomic mass is 9.96. The van der Waals surface area contributed by atoms with E-state index in [2.05, 4.69) is 5.32 Å². The number of hydrogen-bond acceptors (Lipinski definition) is 9. The van der Waals surface area contributed by atoms with Crippen molar-refractivity contribution in [3.05, 3.63) is 46.7 Å². The van der Waals surface area contributed by atoms with E-state index in [1.807, 2.05) is 38.1 Å². The summed E-state index contributed by atoms with van der Waals surface area (Å²) in [6.45, 7) is 3.07. The largest absolute Gasteiger partial charge is 0.445 e. The van der Waals surface area contributed by atoms with Crippen molar-refractivity contribution in [3.63, 3.8) is 0 Å². The van der Waals surface area contributed by atoms with Crippen molar-refractivity contribution < 1.29 is 39.1 Å². The fourth-order valence-electron chi connectivity index (χ4n) is 3.56. The Bertz CT molecular complexity index is 876. The Morgan fingerprint density at radius 1 is 1.20 bits per heavy atom. The van der Waals surface area contributed by atoms with Gasteiger partial charge in [0.15, 0.2) is 6.17 Å². The number of allylic oxidation sites excluding steroid dienone is 1. The van der Waals surface area contributed by atoms with E-state index >= 15 is 0 Å². The van der Waals surface area contributed by atoms with Crippen molar-refractivity contribution in [2.45, 2.75) is 63.9 Å². The van der Waals surface area contributed by atoms with Crippen LogP contribution in [-0.2, 0) is 27.1 Å². The third-order valence-corrected chi connectivity index (χ3v) is 5.76. The lowest BCUT2D eigenvalue weighted by Gasteiger charge is -2.38. The van der Waals surface area contributed by atoms with Gasteiger partial charge < -0.3 is 41.0 Å². The summed E-state index contributed by atoms with van der Waals surface area (Å²) in [6.07, 6.45) is -7.54. The van der Waals surface area contributed by atoms with Crippen LogP contribution in [0, 0.1) is 11.3 Å². The average molecular weight is 498 g/mol. The highest BCUT2D eigenvalue weighted by molar-refractivity contribution is 5.92. The molecule has 1 aromatic carbocycles. The maximum absolute atomic E-state index is 14.0. The fraction of sp³-hybridized carbons (Fsp3) is 0.583. The zero-order chi connectivity index (χ0) is 26.1. The molecule has 35 heavy (non-hydrogen) atoms. The topological polar surface area (TPSA) is 178 Å². The van der Waals surface area contributed by atoms with Crippen molar-refractivity contribution >= 4 is 11.8 Å². The SMILES string of the molecule is CC(C)C(N)=C(Cc1ccc(CCC(=O)NCCO)cc1)C(=N)OC1OC(CO)C(F)C(O)C1O. The zero-order valence-corrected chi connectivity index (χ0v) is 20.0. The molecule has 0 spiro atoms. The second-order valence-electron chi connectivity index (χ2n) is 8.75. The molecule has 0 radical (unpaired) electrons. The van der Waals surface area contributed by atoms with Gasteiger partial charge in [0.25, 0.3) is 0 Å². The first-order valence-electron chi connectivity index (χ1n) is 11.5. The van der Waals surface area contributed by atoms with Gasteiger partial charge in [0.1, 0.15) is 18.3 Å². The minimum atomic E-state index is -2.00. The van der Waals surface area contributed by atoms with E-state index < -0.39 is 43.3 Å². The minimum absolute atomic E-state index is 0.112. The molecule has 2 rings (SSSR count). The van der Waals surface area contributed by atoms with Crippen LogP contribution in [0.25, 0.3) is 0 Å². The molecule has 1 saturated heterocycles. The zero-order valence-electron chi connectivity index (χ0n) is 20.0. The molecule has 1 aliphatic heterocycles. The number of alkyl halides is 1. The Balaban J connectivity index is 2.10. The summed E-state index contributed by atoms with van der Waals surface area (Å²) < 4.78 is 24.7. The van der Waals surface area contributed by atoms with Crippen LogP contribution in [-0.4, -0.2) is 82.8 Å². The van der Waals surface area contributed by atoms with Gasteiger partial charge in [0, 0.05) is 30.7 Å². The number of rotatable bonds is 11. The number of benzene rings is 1. The predicted octanol–water partition coefficient (Wildman–Crippen LogP) is -0.0900. The van der Waals surface area contributed by atoms with Gasteiger partial charge in [0.2, 0.25) is 18.1 Å². The van der Waals surface area contributed by atoms with Gasteiger partial charge in [-0.15, -0.1) is 0 Å². The van der Waals surface area contributed by atoms with Crippen LogP contribution < -0.4 is 11.1 Å². The number of amides is 1. The molecule has 5 unspecified atom stereocenters. The van der Waals surface area contributed by atoms with Crippen molar-refractivity contribution in [2.24, 2.45) is 11.7 Å². The lowest BCUT2D eigenvalue weighted by molar-refractivity contribution is -0.269. The molecule has 1 amide bonds. The second kappa shape index (κ2) is 13.5. The van der Waals surface area contributed by atoms with Gasteiger partial charge in [0.05, 0.1) is 13.2 Å². The summed E-state index contributed by atoms with van der Waals surface area (Å²) >= 11 is 0. The van der Waals surface area contributed by atoms with Crippen LogP contribution in [0.2, 0.25) is 0 Å². The van der Waals surface area contributed by atoms with Crippen LogP contribution in [0.5, 0.6) is 0 Å². The molecule has 0 saturated carbocycles.